The minimum Gasteiger partial charge on any atom is -0.371 e. The number of halogens is 1. The van der Waals surface area contributed by atoms with Gasteiger partial charge >= 0.3 is 0 Å². The fourth-order valence-electron chi connectivity index (χ4n) is 4.32. The zero-order valence-electron chi connectivity index (χ0n) is 17.4. The number of pyridine rings is 1. The summed E-state index contributed by atoms with van der Waals surface area (Å²) < 4.78 is 0. The number of nitrogens with one attached hydrogen (secondary N) is 2. The van der Waals surface area contributed by atoms with E-state index in [-0.39, 0.29) is 18.2 Å². The average Bonchev–Trinajstić information content (AvgIpc) is 2.80. The van der Waals surface area contributed by atoms with Crippen LogP contribution in [0.3, 0.4) is 0 Å². The number of aromatic nitrogens is 1. The molecular weight excluding hydrogens is 444 g/mol. The number of anilines is 3. The molecule has 2 aromatic carbocycles. The van der Waals surface area contributed by atoms with E-state index in [0.29, 0.717) is 16.4 Å². The minimum atomic E-state index is -0.499. The van der Waals surface area contributed by atoms with Crippen molar-refractivity contribution in [2.75, 3.05) is 28.6 Å². The maximum Gasteiger partial charge on any atom is 0.238 e. The molecule has 1 unspecified atom stereocenters. The lowest BCUT2D eigenvalue weighted by molar-refractivity contribution is -0.120. The molecule has 0 saturated carbocycles. The summed E-state index contributed by atoms with van der Waals surface area (Å²) in [7, 11) is 0. The van der Waals surface area contributed by atoms with Crippen LogP contribution in [-0.4, -0.2) is 35.1 Å². The number of piperidine rings is 1. The lowest BCUT2D eigenvalue weighted by atomic mass is 10.0. The summed E-state index contributed by atoms with van der Waals surface area (Å²) >= 11 is 7.40. The largest absolute Gasteiger partial charge is 0.371 e. The van der Waals surface area contributed by atoms with E-state index >= 15 is 0 Å². The van der Waals surface area contributed by atoms with E-state index in [0.717, 1.165) is 28.8 Å². The molecule has 8 heteroatoms. The van der Waals surface area contributed by atoms with E-state index in [1.165, 1.54) is 36.7 Å². The van der Waals surface area contributed by atoms with Crippen molar-refractivity contribution in [3.63, 3.8) is 0 Å². The number of amides is 2. The number of hydrogen-bond acceptors (Lipinski definition) is 5. The Morgan fingerprint density at radius 1 is 1.16 bits per heavy atom. The van der Waals surface area contributed by atoms with Gasteiger partial charge < -0.3 is 15.5 Å². The third-order valence-corrected chi connectivity index (χ3v) is 7.41. The molecule has 6 nitrogen and oxygen atoms in total. The van der Waals surface area contributed by atoms with E-state index in [4.69, 9.17) is 11.6 Å². The molecule has 1 saturated heterocycles. The third-order valence-electron chi connectivity index (χ3n) is 5.90. The topological polar surface area (TPSA) is 74.3 Å². The lowest BCUT2D eigenvalue weighted by Gasteiger charge is -2.30. The predicted molar refractivity (Wildman–Crippen MR) is 131 cm³/mol. The van der Waals surface area contributed by atoms with Crippen molar-refractivity contribution in [3.05, 3.63) is 53.8 Å². The number of thioether (sulfide) groups is 1. The highest BCUT2D eigenvalue weighted by molar-refractivity contribution is 8.01. The molecule has 0 radical (unpaired) electrons. The second-order valence-electron chi connectivity index (χ2n) is 8.09. The zero-order valence-corrected chi connectivity index (χ0v) is 19.0. The molecule has 3 aromatic rings. The Balaban J connectivity index is 1.34. The molecule has 0 spiro atoms. The van der Waals surface area contributed by atoms with Crippen molar-refractivity contribution in [3.8, 4) is 0 Å². The van der Waals surface area contributed by atoms with Gasteiger partial charge in [-0.1, -0.05) is 11.6 Å². The maximum absolute atomic E-state index is 12.9. The minimum absolute atomic E-state index is 0.0776. The molecule has 0 bridgehead atoms. The van der Waals surface area contributed by atoms with Gasteiger partial charge in [-0.2, -0.15) is 0 Å². The highest BCUT2D eigenvalue weighted by atomic mass is 35.5. The van der Waals surface area contributed by atoms with Crippen LogP contribution >= 0.6 is 23.4 Å². The van der Waals surface area contributed by atoms with E-state index in [1.54, 1.807) is 24.5 Å². The highest BCUT2D eigenvalue weighted by Gasteiger charge is 2.29. The van der Waals surface area contributed by atoms with Gasteiger partial charge in [0.25, 0.3) is 0 Å². The summed E-state index contributed by atoms with van der Waals surface area (Å²) in [5, 5.41) is 7.91. The predicted octanol–water partition coefficient (Wildman–Crippen LogP) is 5.32. The number of carbonyl (C=O) groups excluding carboxylic acids is 2. The van der Waals surface area contributed by atoms with Gasteiger partial charge in [-0.05, 0) is 55.7 Å². The highest BCUT2D eigenvalue weighted by Crippen LogP contribution is 2.39. The first kappa shape index (κ1) is 21.1. The number of rotatable bonds is 4. The SMILES string of the molecule is O=C(CC1Sc2ccc(Cl)cc2NC1=O)Nc1ccc(N2CCCCC2)c2ccncc12. The summed E-state index contributed by atoms with van der Waals surface area (Å²) in [6.07, 6.45) is 7.32. The van der Waals surface area contributed by atoms with Crippen molar-refractivity contribution >= 4 is 63.0 Å². The Hall–Kier alpha value is -2.77. The van der Waals surface area contributed by atoms with Crippen LogP contribution in [0.5, 0.6) is 0 Å². The van der Waals surface area contributed by atoms with E-state index in [1.807, 2.05) is 18.2 Å². The van der Waals surface area contributed by atoms with Crippen molar-refractivity contribution < 1.29 is 9.59 Å². The first-order valence-corrected chi connectivity index (χ1v) is 12.0. The third kappa shape index (κ3) is 4.27. The Morgan fingerprint density at radius 3 is 2.84 bits per heavy atom. The monoisotopic (exact) mass is 466 g/mol. The van der Waals surface area contributed by atoms with Gasteiger partial charge in [0.2, 0.25) is 11.8 Å². The summed E-state index contributed by atoms with van der Waals surface area (Å²) in [5.41, 5.74) is 2.58. The Labute approximate surface area is 195 Å². The normalized spacial score (nSPS) is 18.2. The van der Waals surface area contributed by atoms with Gasteiger partial charge in [-0.25, -0.2) is 0 Å². The fourth-order valence-corrected chi connectivity index (χ4v) is 5.58. The van der Waals surface area contributed by atoms with E-state index < -0.39 is 5.25 Å². The van der Waals surface area contributed by atoms with Gasteiger partial charge in [-0.3, -0.25) is 14.6 Å². The number of fused-ring (bicyclic) bond motifs is 2. The molecule has 2 N–H and O–H groups in total. The quantitative estimate of drug-likeness (QED) is 0.544. The fraction of sp³-hybridized carbons (Fsp3) is 0.292. The van der Waals surface area contributed by atoms with E-state index in [9.17, 15) is 9.59 Å². The summed E-state index contributed by atoms with van der Waals surface area (Å²) in [6, 6.07) is 11.4. The molecule has 1 fully saturated rings. The van der Waals surface area contributed by atoms with Gasteiger partial charge in [0.15, 0.2) is 0 Å². The summed E-state index contributed by atoms with van der Waals surface area (Å²) in [6.45, 7) is 2.09. The number of hydrogen-bond donors (Lipinski definition) is 2. The van der Waals surface area contributed by atoms with Crippen molar-refractivity contribution in [1.82, 2.24) is 4.98 Å². The van der Waals surface area contributed by atoms with Crippen LogP contribution in [0, 0.1) is 0 Å². The number of carbonyl (C=O) groups is 2. The van der Waals surface area contributed by atoms with Crippen LogP contribution in [0.15, 0.2) is 53.7 Å². The molecular formula is C24H23ClN4O2S. The van der Waals surface area contributed by atoms with Crippen LogP contribution < -0.4 is 15.5 Å². The average molecular weight is 467 g/mol. The Morgan fingerprint density at radius 2 is 2.00 bits per heavy atom. The molecule has 2 aliphatic heterocycles. The molecule has 32 heavy (non-hydrogen) atoms. The van der Waals surface area contributed by atoms with Gasteiger partial charge in [0.1, 0.15) is 0 Å². The number of nitrogens with zero attached hydrogens (tertiary/aromatic N) is 2. The second-order valence-corrected chi connectivity index (χ2v) is 9.77. The van der Waals surface area contributed by atoms with E-state index in [2.05, 4.69) is 26.6 Å². The molecule has 0 aliphatic carbocycles. The van der Waals surface area contributed by atoms with Crippen LogP contribution in [-0.2, 0) is 9.59 Å². The summed E-state index contributed by atoms with van der Waals surface area (Å²) in [4.78, 5) is 33.0. The van der Waals surface area contributed by atoms with Crippen LogP contribution in [0.2, 0.25) is 5.02 Å². The Kier molecular flexibility index (Phi) is 5.93. The molecule has 164 valence electrons. The molecule has 5 rings (SSSR count). The zero-order chi connectivity index (χ0) is 22.1. The molecule has 2 amide bonds. The second kappa shape index (κ2) is 9.00. The number of benzene rings is 2. The maximum atomic E-state index is 12.9. The molecule has 2 aliphatic rings. The van der Waals surface area contributed by atoms with Crippen molar-refractivity contribution in [2.45, 2.75) is 35.8 Å². The van der Waals surface area contributed by atoms with Crippen LogP contribution in [0.1, 0.15) is 25.7 Å². The van der Waals surface area contributed by atoms with Gasteiger partial charge in [-0.15, -0.1) is 11.8 Å². The molecule has 3 heterocycles. The first-order chi connectivity index (χ1) is 15.6. The molecule has 1 atom stereocenters. The van der Waals surface area contributed by atoms with Gasteiger partial charge in [0.05, 0.1) is 16.6 Å². The van der Waals surface area contributed by atoms with Crippen LogP contribution in [0.4, 0.5) is 17.1 Å². The smallest absolute Gasteiger partial charge is 0.238 e. The lowest BCUT2D eigenvalue weighted by Crippen LogP contribution is -2.32. The first-order valence-electron chi connectivity index (χ1n) is 10.8. The van der Waals surface area contributed by atoms with Crippen LogP contribution in [0.25, 0.3) is 10.8 Å². The standard InChI is InChI=1S/C24H23ClN4O2S/c25-15-4-7-21-19(12-15)28-24(31)22(32-21)13-23(30)27-18-5-6-20(29-10-2-1-3-11-29)16-8-9-26-14-17(16)18/h4-9,12,14,22H,1-3,10-11,13H2,(H,27,30)(H,28,31). The molecule has 1 aromatic heterocycles. The van der Waals surface area contributed by atoms with Gasteiger partial charge in [0, 0.05) is 58.3 Å². The summed E-state index contributed by atoms with van der Waals surface area (Å²) in [5.74, 6) is -0.391. The van der Waals surface area contributed by atoms with Crippen molar-refractivity contribution in [2.24, 2.45) is 0 Å². The van der Waals surface area contributed by atoms with Crippen molar-refractivity contribution in [1.29, 1.82) is 0 Å². The Bertz CT molecular complexity index is 1200.